The number of fused-ring (bicyclic) bond motifs is 9. The molecule has 0 bridgehead atoms. The standard InChI is InChI=1S/C63H43NOS/c1-63(2)55-24-9-5-17-49(55)54-39-42(33-38-56(54)63)45-15-3-4-16-48(45)50-18-6-10-25-57(50)64(43-34-29-40(30-35-43)46-21-14-28-60-61(46)53-20-8-12-27-59(53)66-60)44-36-31-41(32-37-44)47-22-13-23-52-51-19-7-11-26-58(51)65-62(47)52/h3-39H,1-2H3. The molecule has 2 aromatic heterocycles. The highest BCUT2D eigenvalue weighted by Crippen LogP contribution is 2.51. The lowest BCUT2D eigenvalue weighted by atomic mass is 9.82. The average Bonchev–Trinajstić information content (AvgIpc) is 4.02. The van der Waals surface area contributed by atoms with Gasteiger partial charge in [-0.1, -0.05) is 184 Å². The molecule has 0 spiro atoms. The Balaban J connectivity index is 0.961. The Kier molecular flexibility index (Phi) is 8.78. The minimum Gasteiger partial charge on any atom is -0.455 e. The Morgan fingerprint density at radius 3 is 1.73 bits per heavy atom. The van der Waals surface area contributed by atoms with Gasteiger partial charge in [-0.15, -0.1) is 11.3 Å². The van der Waals surface area contributed by atoms with Crippen LogP contribution in [-0.4, -0.2) is 0 Å². The van der Waals surface area contributed by atoms with Crippen LogP contribution in [0.4, 0.5) is 17.1 Å². The van der Waals surface area contributed by atoms with Crippen LogP contribution < -0.4 is 4.90 Å². The lowest BCUT2D eigenvalue weighted by Gasteiger charge is -2.29. The van der Waals surface area contributed by atoms with E-state index in [1.165, 1.54) is 70.2 Å². The summed E-state index contributed by atoms with van der Waals surface area (Å²) < 4.78 is 9.12. The molecule has 0 radical (unpaired) electrons. The van der Waals surface area contributed by atoms with Crippen molar-refractivity contribution in [3.05, 3.63) is 236 Å². The van der Waals surface area contributed by atoms with E-state index in [2.05, 4.69) is 231 Å². The van der Waals surface area contributed by atoms with E-state index in [4.69, 9.17) is 4.42 Å². The topological polar surface area (TPSA) is 16.4 Å². The Morgan fingerprint density at radius 2 is 0.924 bits per heavy atom. The molecule has 0 aliphatic heterocycles. The molecule has 10 aromatic carbocycles. The van der Waals surface area contributed by atoms with Crippen LogP contribution in [0.2, 0.25) is 0 Å². The molecule has 0 unspecified atom stereocenters. The second-order valence-corrected chi connectivity index (χ2v) is 19.1. The van der Waals surface area contributed by atoms with Gasteiger partial charge in [-0.25, -0.2) is 0 Å². The number of rotatable bonds is 7. The molecular weight excluding hydrogens is 819 g/mol. The van der Waals surface area contributed by atoms with Crippen molar-refractivity contribution in [2.45, 2.75) is 19.3 Å². The van der Waals surface area contributed by atoms with Gasteiger partial charge in [0.25, 0.3) is 0 Å². The maximum atomic E-state index is 6.50. The first-order valence-corrected chi connectivity index (χ1v) is 23.6. The second kappa shape index (κ2) is 15.1. The van der Waals surface area contributed by atoms with E-state index in [-0.39, 0.29) is 5.41 Å². The number of hydrogen-bond acceptors (Lipinski definition) is 3. The Morgan fingerprint density at radius 1 is 0.379 bits per heavy atom. The third-order valence-electron chi connectivity index (χ3n) is 13.9. The molecule has 13 rings (SSSR count). The molecule has 66 heavy (non-hydrogen) atoms. The quantitative estimate of drug-likeness (QED) is 0.159. The summed E-state index contributed by atoms with van der Waals surface area (Å²) in [6.07, 6.45) is 0. The van der Waals surface area contributed by atoms with Crippen molar-refractivity contribution in [3.63, 3.8) is 0 Å². The second-order valence-electron chi connectivity index (χ2n) is 18.0. The van der Waals surface area contributed by atoms with Gasteiger partial charge in [-0.05, 0) is 110 Å². The number of furan rings is 1. The van der Waals surface area contributed by atoms with Crippen LogP contribution in [-0.2, 0) is 5.41 Å². The summed E-state index contributed by atoms with van der Waals surface area (Å²) in [6.45, 7) is 4.69. The zero-order valence-electron chi connectivity index (χ0n) is 36.6. The van der Waals surface area contributed by atoms with Gasteiger partial charge in [-0.2, -0.15) is 0 Å². The number of hydrogen-bond donors (Lipinski definition) is 0. The molecule has 0 saturated heterocycles. The minimum atomic E-state index is -0.0508. The highest BCUT2D eigenvalue weighted by molar-refractivity contribution is 7.25. The summed E-state index contributed by atoms with van der Waals surface area (Å²) in [4.78, 5) is 2.42. The molecule has 0 fully saturated rings. The lowest BCUT2D eigenvalue weighted by molar-refractivity contribution is 0.660. The van der Waals surface area contributed by atoms with Gasteiger partial charge in [0.05, 0.1) is 5.69 Å². The van der Waals surface area contributed by atoms with Crippen LogP contribution in [0.5, 0.6) is 0 Å². The molecule has 1 aliphatic rings. The summed E-state index contributed by atoms with van der Waals surface area (Å²) in [5.74, 6) is 0. The molecule has 3 heteroatoms. The van der Waals surface area contributed by atoms with Gasteiger partial charge in [0.15, 0.2) is 0 Å². The first-order valence-electron chi connectivity index (χ1n) is 22.7. The van der Waals surface area contributed by atoms with E-state index in [0.29, 0.717) is 0 Å². The van der Waals surface area contributed by atoms with Crippen LogP contribution in [0.15, 0.2) is 229 Å². The van der Waals surface area contributed by atoms with Crippen LogP contribution >= 0.6 is 11.3 Å². The smallest absolute Gasteiger partial charge is 0.143 e. The Bertz CT molecular complexity index is 3850. The third-order valence-corrected chi connectivity index (χ3v) is 15.1. The van der Waals surface area contributed by atoms with E-state index in [1.807, 2.05) is 23.5 Å². The van der Waals surface area contributed by atoms with Crippen LogP contribution in [0, 0.1) is 0 Å². The van der Waals surface area contributed by atoms with E-state index >= 15 is 0 Å². The predicted molar refractivity (Wildman–Crippen MR) is 281 cm³/mol. The van der Waals surface area contributed by atoms with Gasteiger partial charge in [0.1, 0.15) is 11.2 Å². The zero-order chi connectivity index (χ0) is 43.9. The average molecular weight is 862 g/mol. The Labute approximate surface area is 388 Å². The number of nitrogens with zero attached hydrogens (tertiary/aromatic N) is 1. The summed E-state index contributed by atoms with van der Waals surface area (Å²) >= 11 is 1.86. The van der Waals surface area contributed by atoms with Gasteiger partial charge in [0, 0.05) is 58.9 Å². The van der Waals surface area contributed by atoms with Gasteiger partial charge in [-0.3, -0.25) is 0 Å². The summed E-state index contributed by atoms with van der Waals surface area (Å²) in [6, 6.07) is 82.1. The van der Waals surface area contributed by atoms with Crippen LogP contribution in [0.3, 0.4) is 0 Å². The predicted octanol–water partition coefficient (Wildman–Crippen LogP) is 18.4. The van der Waals surface area contributed by atoms with Crippen molar-refractivity contribution in [1.29, 1.82) is 0 Å². The number of thiophene rings is 1. The maximum absolute atomic E-state index is 6.50. The first-order chi connectivity index (χ1) is 32.5. The number of anilines is 3. The molecule has 0 saturated carbocycles. The molecular formula is C63H43NOS. The van der Waals surface area contributed by atoms with Crippen molar-refractivity contribution in [2.24, 2.45) is 0 Å². The summed E-state index contributed by atoms with van der Waals surface area (Å²) in [5.41, 5.74) is 19.8. The zero-order valence-corrected chi connectivity index (χ0v) is 37.4. The fourth-order valence-corrected chi connectivity index (χ4v) is 11.9. The normalized spacial score (nSPS) is 12.8. The fourth-order valence-electron chi connectivity index (χ4n) is 10.8. The highest BCUT2D eigenvalue weighted by atomic mass is 32.1. The van der Waals surface area contributed by atoms with E-state index in [1.54, 1.807) is 0 Å². The number of para-hydroxylation sites is 3. The summed E-state index contributed by atoms with van der Waals surface area (Å²) in [7, 11) is 0. The van der Waals surface area contributed by atoms with E-state index < -0.39 is 0 Å². The molecule has 0 atom stereocenters. The van der Waals surface area contributed by atoms with E-state index in [9.17, 15) is 0 Å². The fraction of sp³-hybridized carbons (Fsp3) is 0.0476. The molecule has 0 amide bonds. The van der Waals surface area contributed by atoms with Crippen molar-refractivity contribution in [3.8, 4) is 55.6 Å². The van der Waals surface area contributed by atoms with Crippen molar-refractivity contribution in [2.75, 3.05) is 4.90 Å². The lowest BCUT2D eigenvalue weighted by Crippen LogP contribution is -2.14. The monoisotopic (exact) mass is 861 g/mol. The highest BCUT2D eigenvalue weighted by Gasteiger charge is 2.35. The molecule has 312 valence electrons. The van der Waals surface area contributed by atoms with Crippen LogP contribution in [0.1, 0.15) is 25.0 Å². The number of benzene rings is 10. The Hall–Kier alpha value is -7.98. The van der Waals surface area contributed by atoms with Crippen LogP contribution in [0.25, 0.3) is 97.7 Å². The molecule has 2 nitrogen and oxygen atoms in total. The molecule has 2 heterocycles. The van der Waals surface area contributed by atoms with Crippen molar-refractivity contribution >= 4 is 70.5 Å². The van der Waals surface area contributed by atoms with Gasteiger partial charge >= 0.3 is 0 Å². The maximum Gasteiger partial charge on any atom is 0.143 e. The van der Waals surface area contributed by atoms with Gasteiger partial charge < -0.3 is 9.32 Å². The minimum absolute atomic E-state index is 0.0508. The van der Waals surface area contributed by atoms with Crippen molar-refractivity contribution in [1.82, 2.24) is 0 Å². The van der Waals surface area contributed by atoms with E-state index in [0.717, 1.165) is 55.7 Å². The molecule has 1 aliphatic carbocycles. The SMILES string of the molecule is CC1(C)c2ccccc2-c2cc(-c3ccccc3-c3ccccc3N(c3ccc(-c4cccc5c4oc4ccccc45)cc3)c3ccc(-c4cccc5sc6ccccc6c45)cc3)ccc21. The molecule has 12 aromatic rings. The third kappa shape index (κ3) is 6.01. The largest absolute Gasteiger partial charge is 0.455 e. The van der Waals surface area contributed by atoms with Crippen molar-refractivity contribution < 1.29 is 4.42 Å². The van der Waals surface area contributed by atoms with Gasteiger partial charge in [0.2, 0.25) is 0 Å². The molecule has 0 N–H and O–H groups in total. The first kappa shape index (κ1) is 38.5. The summed E-state index contributed by atoms with van der Waals surface area (Å²) in [5, 5.41) is 4.89.